The van der Waals surface area contributed by atoms with E-state index in [2.05, 4.69) is 9.72 Å². The van der Waals surface area contributed by atoms with Crippen molar-refractivity contribution in [3.63, 3.8) is 0 Å². The second kappa shape index (κ2) is 3.64. The van der Waals surface area contributed by atoms with Crippen LogP contribution in [0.4, 0.5) is 13.2 Å². The zero-order chi connectivity index (χ0) is 10.0. The molecule has 1 heterocycles. The van der Waals surface area contributed by atoms with Gasteiger partial charge in [0.2, 0.25) is 0 Å². The highest BCUT2D eigenvalue weighted by Crippen LogP contribution is 2.29. The molecule has 72 valence electrons. The molecule has 0 radical (unpaired) electrons. The number of aromatic nitrogens is 1. The van der Waals surface area contributed by atoms with E-state index in [1.165, 1.54) is 14.0 Å². The Kier molecular flexibility index (Phi) is 2.75. The molecule has 0 spiro atoms. The fourth-order valence-electron chi connectivity index (χ4n) is 0.980. The normalized spacial score (nSPS) is 10.6. The van der Waals surface area contributed by atoms with Crippen LogP contribution >= 0.6 is 0 Å². The Morgan fingerprint density at radius 2 is 2.08 bits per heavy atom. The van der Waals surface area contributed by atoms with Gasteiger partial charge in [-0.25, -0.2) is 18.2 Å². The molecule has 1 rings (SSSR count). The zero-order valence-corrected chi connectivity index (χ0v) is 7.14. The van der Waals surface area contributed by atoms with E-state index in [0.29, 0.717) is 0 Å². The number of methoxy groups -OCH3 is 1. The Morgan fingerprint density at radius 1 is 1.46 bits per heavy atom. The quantitative estimate of drug-likeness (QED) is 0.716. The van der Waals surface area contributed by atoms with Gasteiger partial charge in [-0.3, -0.25) is 0 Å². The fraction of sp³-hybridized carbons (Fsp3) is 0.375. The first-order valence-electron chi connectivity index (χ1n) is 3.55. The standard InChI is InChI=1S/C8H8F3NO/c1-4-3-12-8(13-2)6(9)5(4)7(10)11/h3,7H,1-2H3. The van der Waals surface area contributed by atoms with Crippen molar-refractivity contribution in [1.29, 1.82) is 0 Å². The van der Waals surface area contributed by atoms with E-state index in [1.807, 2.05) is 0 Å². The van der Waals surface area contributed by atoms with Crippen molar-refractivity contribution in [3.05, 3.63) is 23.1 Å². The van der Waals surface area contributed by atoms with Gasteiger partial charge < -0.3 is 4.74 Å². The number of aryl methyl sites for hydroxylation is 1. The molecule has 0 aromatic carbocycles. The van der Waals surface area contributed by atoms with Crippen LogP contribution in [0.25, 0.3) is 0 Å². The first-order chi connectivity index (χ1) is 6.07. The van der Waals surface area contributed by atoms with Gasteiger partial charge in [-0.15, -0.1) is 0 Å². The summed E-state index contributed by atoms with van der Waals surface area (Å²) in [6.45, 7) is 1.37. The number of alkyl halides is 2. The molecule has 0 N–H and O–H groups in total. The molecule has 0 saturated carbocycles. The summed E-state index contributed by atoms with van der Waals surface area (Å²) < 4.78 is 42.2. The van der Waals surface area contributed by atoms with Gasteiger partial charge in [-0.05, 0) is 12.5 Å². The SMILES string of the molecule is COc1ncc(C)c(C(F)F)c1F. The number of pyridine rings is 1. The number of ether oxygens (including phenoxy) is 1. The summed E-state index contributed by atoms with van der Waals surface area (Å²) in [4.78, 5) is 3.51. The fourth-order valence-corrected chi connectivity index (χ4v) is 0.980. The molecule has 0 unspecified atom stereocenters. The van der Waals surface area contributed by atoms with Crippen LogP contribution in [0, 0.1) is 12.7 Å². The molecule has 1 aromatic rings. The van der Waals surface area contributed by atoms with Crippen molar-refractivity contribution < 1.29 is 17.9 Å². The highest BCUT2D eigenvalue weighted by atomic mass is 19.3. The molecule has 0 saturated heterocycles. The van der Waals surface area contributed by atoms with Gasteiger partial charge in [-0.1, -0.05) is 0 Å². The summed E-state index contributed by atoms with van der Waals surface area (Å²) in [5, 5.41) is 0. The summed E-state index contributed by atoms with van der Waals surface area (Å²) >= 11 is 0. The maximum atomic E-state index is 13.1. The van der Waals surface area contributed by atoms with Crippen molar-refractivity contribution in [2.75, 3.05) is 7.11 Å². The van der Waals surface area contributed by atoms with Crippen LogP contribution in [0.1, 0.15) is 17.6 Å². The van der Waals surface area contributed by atoms with Gasteiger partial charge >= 0.3 is 0 Å². The lowest BCUT2D eigenvalue weighted by Crippen LogP contribution is -2.01. The van der Waals surface area contributed by atoms with Gasteiger partial charge in [0.25, 0.3) is 12.3 Å². The lowest BCUT2D eigenvalue weighted by molar-refractivity contribution is 0.144. The highest BCUT2D eigenvalue weighted by Gasteiger charge is 2.20. The van der Waals surface area contributed by atoms with E-state index in [4.69, 9.17) is 0 Å². The molecule has 0 fully saturated rings. The topological polar surface area (TPSA) is 22.1 Å². The minimum atomic E-state index is -2.85. The molecule has 0 aliphatic heterocycles. The molecule has 13 heavy (non-hydrogen) atoms. The molecule has 1 aromatic heterocycles. The highest BCUT2D eigenvalue weighted by molar-refractivity contribution is 5.31. The van der Waals surface area contributed by atoms with Gasteiger partial charge in [0, 0.05) is 6.20 Å². The summed E-state index contributed by atoms with van der Waals surface area (Å²) in [6.07, 6.45) is -1.69. The lowest BCUT2D eigenvalue weighted by atomic mass is 10.1. The van der Waals surface area contributed by atoms with E-state index in [9.17, 15) is 13.2 Å². The predicted molar refractivity (Wildman–Crippen MR) is 40.4 cm³/mol. The second-order valence-electron chi connectivity index (χ2n) is 2.48. The third-order valence-electron chi connectivity index (χ3n) is 1.64. The Morgan fingerprint density at radius 3 is 2.54 bits per heavy atom. The Hall–Kier alpha value is -1.26. The minimum Gasteiger partial charge on any atom is -0.479 e. The van der Waals surface area contributed by atoms with Crippen molar-refractivity contribution >= 4 is 0 Å². The Balaban J connectivity index is 3.30. The van der Waals surface area contributed by atoms with E-state index in [1.54, 1.807) is 0 Å². The summed E-state index contributed by atoms with van der Waals surface area (Å²) in [7, 11) is 1.18. The smallest absolute Gasteiger partial charge is 0.267 e. The van der Waals surface area contributed by atoms with Crippen LogP contribution in [0.2, 0.25) is 0 Å². The van der Waals surface area contributed by atoms with Crippen molar-refractivity contribution in [3.8, 4) is 5.88 Å². The summed E-state index contributed by atoms with van der Waals surface area (Å²) in [5.74, 6) is -1.49. The largest absolute Gasteiger partial charge is 0.479 e. The van der Waals surface area contributed by atoms with Crippen LogP contribution in [0.5, 0.6) is 5.88 Å². The third kappa shape index (κ3) is 1.74. The molecule has 0 aliphatic carbocycles. The Labute approximate surface area is 73.4 Å². The molecular formula is C8H8F3NO. The van der Waals surface area contributed by atoms with Crippen LogP contribution in [-0.2, 0) is 0 Å². The lowest BCUT2D eigenvalue weighted by Gasteiger charge is -2.08. The van der Waals surface area contributed by atoms with Crippen LogP contribution < -0.4 is 4.74 Å². The predicted octanol–water partition coefficient (Wildman–Crippen LogP) is 2.48. The first-order valence-corrected chi connectivity index (χ1v) is 3.55. The van der Waals surface area contributed by atoms with Gasteiger partial charge in [-0.2, -0.15) is 0 Å². The van der Waals surface area contributed by atoms with Crippen LogP contribution in [0.15, 0.2) is 6.20 Å². The number of nitrogens with zero attached hydrogens (tertiary/aromatic N) is 1. The molecule has 0 atom stereocenters. The van der Waals surface area contributed by atoms with Gasteiger partial charge in [0.05, 0.1) is 12.7 Å². The van der Waals surface area contributed by atoms with E-state index in [0.717, 1.165) is 6.20 Å². The molecule has 0 aliphatic rings. The van der Waals surface area contributed by atoms with E-state index in [-0.39, 0.29) is 5.56 Å². The maximum Gasteiger partial charge on any atom is 0.267 e. The van der Waals surface area contributed by atoms with Crippen molar-refractivity contribution in [2.45, 2.75) is 13.3 Å². The number of hydrogen-bond donors (Lipinski definition) is 0. The molecule has 0 bridgehead atoms. The summed E-state index contributed by atoms with van der Waals surface area (Å²) in [5.41, 5.74) is -0.528. The van der Waals surface area contributed by atoms with Gasteiger partial charge in [0.15, 0.2) is 5.82 Å². The van der Waals surface area contributed by atoms with E-state index < -0.39 is 23.7 Å². The summed E-state index contributed by atoms with van der Waals surface area (Å²) in [6, 6.07) is 0. The molecule has 2 nitrogen and oxygen atoms in total. The third-order valence-corrected chi connectivity index (χ3v) is 1.64. The number of halogens is 3. The van der Waals surface area contributed by atoms with Crippen LogP contribution in [0.3, 0.4) is 0 Å². The van der Waals surface area contributed by atoms with Crippen molar-refractivity contribution in [1.82, 2.24) is 4.98 Å². The maximum absolute atomic E-state index is 13.1. The molecule has 0 amide bonds. The Bertz CT molecular complexity index is 315. The van der Waals surface area contributed by atoms with Crippen LogP contribution in [-0.4, -0.2) is 12.1 Å². The average molecular weight is 191 g/mol. The second-order valence-corrected chi connectivity index (χ2v) is 2.48. The van der Waals surface area contributed by atoms with Crippen molar-refractivity contribution in [2.24, 2.45) is 0 Å². The molecule has 5 heteroatoms. The number of rotatable bonds is 2. The average Bonchev–Trinajstić information content (AvgIpc) is 2.04. The first kappa shape index (κ1) is 9.83. The number of hydrogen-bond acceptors (Lipinski definition) is 2. The van der Waals surface area contributed by atoms with Gasteiger partial charge in [0.1, 0.15) is 0 Å². The van der Waals surface area contributed by atoms with E-state index >= 15 is 0 Å². The monoisotopic (exact) mass is 191 g/mol. The zero-order valence-electron chi connectivity index (χ0n) is 7.14. The minimum absolute atomic E-state index is 0.119. The molecular weight excluding hydrogens is 183 g/mol.